The molecular formula is C40H24O2. The van der Waals surface area contributed by atoms with Crippen LogP contribution in [0.2, 0.25) is 0 Å². The first-order chi connectivity index (χ1) is 26.2. The third-order valence-corrected chi connectivity index (χ3v) is 7.60. The second kappa shape index (κ2) is 8.95. The van der Waals surface area contributed by atoms with Crippen LogP contribution in [0.5, 0.6) is 0 Å². The van der Waals surface area contributed by atoms with Gasteiger partial charge in [-0.3, -0.25) is 0 Å². The lowest BCUT2D eigenvalue weighted by molar-refractivity contribution is 0.611. The topological polar surface area (TPSA) is 26.3 Å². The van der Waals surface area contributed by atoms with Crippen LogP contribution in [-0.4, -0.2) is 0 Å². The fourth-order valence-corrected chi connectivity index (χ4v) is 5.83. The molecule has 0 amide bonds. The summed E-state index contributed by atoms with van der Waals surface area (Å²) in [5, 5.41) is 0.727. The van der Waals surface area contributed by atoms with Crippen molar-refractivity contribution in [3.8, 4) is 33.6 Å². The van der Waals surface area contributed by atoms with Gasteiger partial charge >= 0.3 is 0 Å². The van der Waals surface area contributed by atoms with Crippen LogP contribution in [0.15, 0.2) is 154 Å². The van der Waals surface area contributed by atoms with Crippen molar-refractivity contribution in [2.45, 2.75) is 0 Å². The Balaban J connectivity index is 1.63. The van der Waals surface area contributed by atoms with Gasteiger partial charge in [0.2, 0.25) is 0 Å². The molecule has 0 aliphatic carbocycles. The van der Waals surface area contributed by atoms with Gasteiger partial charge in [0.25, 0.3) is 0 Å². The lowest BCUT2D eigenvalue weighted by Crippen LogP contribution is -1.91. The van der Waals surface area contributed by atoms with Crippen LogP contribution < -0.4 is 0 Å². The van der Waals surface area contributed by atoms with Crippen LogP contribution in [0, 0.1) is 0 Å². The molecule has 0 N–H and O–H groups in total. The smallest absolute Gasteiger partial charge is 0.178 e. The van der Waals surface area contributed by atoms with Gasteiger partial charge in [0, 0.05) is 21.7 Å². The van der Waals surface area contributed by atoms with E-state index in [0.717, 1.165) is 0 Å². The third-order valence-electron chi connectivity index (χ3n) is 7.60. The number of rotatable bonds is 3. The fourth-order valence-electron chi connectivity index (χ4n) is 5.83. The van der Waals surface area contributed by atoms with Crippen LogP contribution in [0.4, 0.5) is 0 Å². The molecule has 9 aromatic rings. The molecule has 0 saturated carbocycles. The Hall–Kier alpha value is -5.60. The van der Waals surface area contributed by atoms with Gasteiger partial charge in [-0.05, 0) is 62.0 Å². The minimum Gasteiger partial charge on any atom is -0.452 e. The fraction of sp³-hybridized carbons (Fsp3) is 0. The lowest BCUT2D eigenvalue weighted by Gasteiger charge is -2.18. The molecule has 2 heterocycles. The van der Waals surface area contributed by atoms with E-state index < -0.39 is 84.1 Å². The van der Waals surface area contributed by atoms with Gasteiger partial charge in [0.15, 0.2) is 11.2 Å². The van der Waals surface area contributed by atoms with E-state index in [0.29, 0.717) is 38.6 Å². The summed E-state index contributed by atoms with van der Waals surface area (Å²) in [5.74, 6) is 0.429. The van der Waals surface area contributed by atoms with Gasteiger partial charge in [-0.15, -0.1) is 0 Å². The molecule has 0 aliphatic rings. The van der Waals surface area contributed by atoms with Crippen molar-refractivity contribution < 1.29 is 26.7 Å². The van der Waals surface area contributed by atoms with Crippen molar-refractivity contribution in [1.82, 2.24) is 0 Å². The second-order valence-electron chi connectivity index (χ2n) is 9.87. The molecule has 0 aliphatic heterocycles. The highest BCUT2D eigenvalue weighted by molar-refractivity contribution is 6.26. The molecule has 0 unspecified atom stereocenters. The molecule has 0 atom stereocenters. The lowest BCUT2D eigenvalue weighted by atomic mass is 9.85. The number of furan rings is 2. The zero-order chi connectivity index (χ0) is 38.9. The second-order valence-corrected chi connectivity index (χ2v) is 9.87. The monoisotopic (exact) mass is 549 g/mol. The number of hydrogen-bond acceptors (Lipinski definition) is 2. The Morgan fingerprint density at radius 2 is 1.02 bits per heavy atom. The number of hydrogen-bond donors (Lipinski definition) is 0. The summed E-state index contributed by atoms with van der Waals surface area (Å²) in [7, 11) is 0. The Morgan fingerprint density at radius 3 is 1.74 bits per heavy atom. The molecule has 0 saturated heterocycles. The summed E-state index contributed by atoms with van der Waals surface area (Å²) in [6.45, 7) is 0. The SMILES string of the molecule is [2H]c1c([2H])c([2H])c(-c2c3c([2H])c([2H])c([2H])c([2H])c3c(-c3cc4c5ccccc5oc4c4oc(-c5ccccc5)cc34)c3c([2H])c([2H])c([2H])c([2H])c23)c([2H])c1[2H]. The van der Waals surface area contributed by atoms with E-state index in [9.17, 15) is 5.48 Å². The Labute approximate surface area is 260 Å². The van der Waals surface area contributed by atoms with E-state index in [1.54, 1.807) is 18.2 Å². The van der Waals surface area contributed by atoms with Crippen LogP contribution >= 0.6 is 0 Å². The molecule has 7 aromatic carbocycles. The Kier molecular flexibility index (Phi) is 2.95. The Bertz CT molecular complexity index is 3070. The van der Waals surface area contributed by atoms with Gasteiger partial charge < -0.3 is 8.83 Å². The molecule has 2 heteroatoms. The largest absolute Gasteiger partial charge is 0.452 e. The van der Waals surface area contributed by atoms with Crippen molar-refractivity contribution in [3.63, 3.8) is 0 Å². The minimum atomic E-state index is -0.728. The third kappa shape index (κ3) is 3.33. The highest BCUT2D eigenvalue weighted by atomic mass is 16.4. The predicted octanol–water partition coefficient (Wildman–Crippen LogP) is 11.6. The molecule has 0 bridgehead atoms. The van der Waals surface area contributed by atoms with E-state index in [1.165, 1.54) is 0 Å². The van der Waals surface area contributed by atoms with E-state index in [-0.39, 0.29) is 43.8 Å². The first-order valence-corrected chi connectivity index (χ1v) is 13.2. The van der Waals surface area contributed by atoms with Crippen molar-refractivity contribution in [1.29, 1.82) is 0 Å². The zero-order valence-electron chi connectivity index (χ0n) is 34.7. The van der Waals surface area contributed by atoms with E-state index >= 15 is 0 Å². The molecule has 2 nitrogen and oxygen atoms in total. The maximum atomic E-state index is 9.39. The van der Waals surface area contributed by atoms with E-state index in [4.69, 9.17) is 21.2 Å². The minimum absolute atomic E-state index is 0.0118. The van der Waals surface area contributed by atoms with Crippen molar-refractivity contribution in [3.05, 3.63) is 145 Å². The molecule has 196 valence electrons. The maximum Gasteiger partial charge on any atom is 0.178 e. The van der Waals surface area contributed by atoms with Crippen LogP contribution in [0.25, 0.3) is 88.0 Å². The summed E-state index contributed by atoms with van der Waals surface area (Å²) in [4.78, 5) is 0. The van der Waals surface area contributed by atoms with E-state index in [1.807, 2.05) is 48.5 Å². The normalized spacial score (nSPS) is 16.1. The predicted molar refractivity (Wildman–Crippen MR) is 175 cm³/mol. The number of para-hydroxylation sites is 1. The van der Waals surface area contributed by atoms with E-state index in [2.05, 4.69) is 0 Å². The van der Waals surface area contributed by atoms with Crippen molar-refractivity contribution >= 4 is 54.5 Å². The molecule has 2 aromatic heterocycles. The summed E-state index contributed by atoms with van der Waals surface area (Å²) < 4.78 is 128. The summed E-state index contributed by atoms with van der Waals surface area (Å²) in [6, 6.07) is 11.3. The summed E-state index contributed by atoms with van der Waals surface area (Å²) >= 11 is 0. The quantitative estimate of drug-likeness (QED) is 0.205. The average molecular weight is 550 g/mol. The zero-order valence-corrected chi connectivity index (χ0v) is 21.7. The molecule has 42 heavy (non-hydrogen) atoms. The van der Waals surface area contributed by atoms with Crippen LogP contribution in [0.3, 0.4) is 0 Å². The highest BCUT2D eigenvalue weighted by Crippen LogP contribution is 2.48. The first-order valence-electron chi connectivity index (χ1n) is 19.7. The Morgan fingerprint density at radius 1 is 0.429 bits per heavy atom. The summed E-state index contributed by atoms with van der Waals surface area (Å²) in [6.07, 6.45) is 0. The van der Waals surface area contributed by atoms with Crippen molar-refractivity contribution in [2.75, 3.05) is 0 Å². The summed E-state index contributed by atoms with van der Waals surface area (Å²) in [5.41, 5.74) is 1.39. The number of benzene rings is 7. The molecule has 0 fully saturated rings. The molecule has 0 radical (unpaired) electrons. The van der Waals surface area contributed by atoms with Crippen LogP contribution in [0.1, 0.15) is 17.8 Å². The van der Waals surface area contributed by atoms with Gasteiger partial charge in [-0.25, -0.2) is 0 Å². The molecular weight excluding hydrogens is 512 g/mol. The van der Waals surface area contributed by atoms with Gasteiger partial charge in [0.1, 0.15) is 11.3 Å². The number of fused-ring (bicyclic) bond motifs is 7. The highest BCUT2D eigenvalue weighted by Gasteiger charge is 2.23. The van der Waals surface area contributed by atoms with Gasteiger partial charge in [0.05, 0.1) is 17.8 Å². The van der Waals surface area contributed by atoms with Crippen molar-refractivity contribution in [2.24, 2.45) is 0 Å². The first kappa shape index (κ1) is 13.8. The van der Waals surface area contributed by atoms with Gasteiger partial charge in [-0.2, -0.15) is 0 Å². The maximum absolute atomic E-state index is 9.39. The molecule has 9 rings (SSSR count). The standard InChI is InChI=1S/C40H24O2/c1-3-13-25(14-4-1)36-24-34-32(23-33-27-17-11-12-22-35(27)41-39(33)40(34)42-36)38-30-20-9-7-18-28(30)37(26-15-5-2-6-16-26)29-19-8-10-21-31(29)38/h1-24H/i2D,5D,6D,7D,8D,9D,10D,15D,16D,18D,19D,20D,21D. The molecule has 0 spiro atoms. The average Bonchev–Trinajstić information content (AvgIpc) is 3.81. The van der Waals surface area contributed by atoms with Gasteiger partial charge in [-0.1, -0.05) is 127 Å². The van der Waals surface area contributed by atoms with Crippen LogP contribution in [-0.2, 0) is 0 Å².